The van der Waals surface area contributed by atoms with Gasteiger partial charge in [0.2, 0.25) is 0 Å². The topological polar surface area (TPSA) is 49.6 Å². The first-order valence-corrected chi connectivity index (χ1v) is 8.04. The smallest absolute Gasteiger partial charge is 0.181 e. The summed E-state index contributed by atoms with van der Waals surface area (Å²) in [6.45, 7) is 0. The summed E-state index contributed by atoms with van der Waals surface area (Å²) in [6, 6.07) is 6.52. The zero-order chi connectivity index (χ0) is 14.7. The molecule has 4 nitrogen and oxygen atoms in total. The van der Waals surface area contributed by atoms with Crippen LogP contribution in [0.4, 0.5) is 4.39 Å². The lowest BCUT2D eigenvalue weighted by molar-refractivity contribution is 0.0506. The Morgan fingerprint density at radius 3 is 2.82 bits per heavy atom. The number of aliphatic imine (C=N–C) groups is 1. The molecule has 3 saturated carbocycles. The van der Waals surface area contributed by atoms with E-state index < -0.39 is 0 Å². The second kappa shape index (κ2) is 4.32. The van der Waals surface area contributed by atoms with E-state index in [0.29, 0.717) is 17.3 Å². The summed E-state index contributed by atoms with van der Waals surface area (Å²) in [5, 5.41) is 0.895. The number of hydrazine groups is 1. The first-order chi connectivity index (χ1) is 10.7. The van der Waals surface area contributed by atoms with E-state index in [1.54, 1.807) is 6.07 Å². The van der Waals surface area contributed by atoms with Crippen LogP contribution in [0.25, 0.3) is 11.0 Å². The fourth-order valence-electron chi connectivity index (χ4n) is 4.40. The van der Waals surface area contributed by atoms with Crippen LogP contribution in [0.5, 0.6) is 0 Å². The van der Waals surface area contributed by atoms with Crippen molar-refractivity contribution in [1.82, 2.24) is 10.9 Å². The zero-order valence-corrected chi connectivity index (χ0v) is 12.2. The summed E-state index contributed by atoms with van der Waals surface area (Å²) in [5.74, 6) is 2.51. The lowest BCUT2D eigenvalue weighted by atomic mass is 9.65. The van der Waals surface area contributed by atoms with Gasteiger partial charge in [0.1, 0.15) is 17.1 Å². The van der Waals surface area contributed by atoms with Crippen molar-refractivity contribution in [2.75, 3.05) is 0 Å². The number of benzene rings is 1. The number of nitrogens with zero attached hydrogens (tertiary/aromatic N) is 1. The molecular weight excluding hydrogens is 281 g/mol. The summed E-state index contributed by atoms with van der Waals surface area (Å²) < 4.78 is 19.1. The Hall–Kier alpha value is -1.88. The molecule has 114 valence electrons. The van der Waals surface area contributed by atoms with Gasteiger partial charge in [0.15, 0.2) is 11.6 Å². The predicted molar refractivity (Wildman–Crippen MR) is 81.8 cm³/mol. The summed E-state index contributed by atoms with van der Waals surface area (Å²) in [4.78, 5) is 4.96. The predicted octanol–water partition coefficient (Wildman–Crippen LogP) is 3.33. The van der Waals surface area contributed by atoms with Crippen LogP contribution in [-0.4, -0.2) is 11.5 Å². The van der Waals surface area contributed by atoms with Gasteiger partial charge in [0.05, 0.1) is 0 Å². The molecule has 1 spiro atoms. The largest absolute Gasteiger partial charge is 0.453 e. The normalized spacial score (nSPS) is 33.4. The van der Waals surface area contributed by atoms with Crippen molar-refractivity contribution in [1.29, 1.82) is 0 Å². The van der Waals surface area contributed by atoms with Crippen molar-refractivity contribution in [3.8, 4) is 0 Å². The number of halogens is 1. The number of hydrogen-bond donors (Lipinski definition) is 2. The molecule has 3 aliphatic carbocycles. The highest BCUT2D eigenvalue weighted by Crippen LogP contribution is 2.48. The Kier molecular flexibility index (Phi) is 2.48. The molecule has 4 aliphatic rings. The molecule has 2 bridgehead atoms. The minimum Gasteiger partial charge on any atom is -0.453 e. The fourth-order valence-corrected chi connectivity index (χ4v) is 4.40. The Balaban J connectivity index is 1.53. The molecule has 0 radical (unpaired) electrons. The van der Waals surface area contributed by atoms with Crippen LogP contribution >= 0.6 is 0 Å². The number of fused-ring (bicyclic) bond motifs is 3. The maximum Gasteiger partial charge on any atom is 0.181 e. The van der Waals surface area contributed by atoms with Crippen LogP contribution in [0.15, 0.2) is 33.7 Å². The lowest BCUT2D eigenvalue weighted by Crippen LogP contribution is -2.56. The highest BCUT2D eigenvalue weighted by Gasteiger charge is 2.50. The molecule has 22 heavy (non-hydrogen) atoms. The van der Waals surface area contributed by atoms with Gasteiger partial charge in [-0.2, -0.15) is 0 Å². The van der Waals surface area contributed by atoms with E-state index in [-0.39, 0.29) is 11.5 Å². The molecular formula is C17H18FN3O. The summed E-state index contributed by atoms with van der Waals surface area (Å²) in [5.41, 5.74) is 7.02. The van der Waals surface area contributed by atoms with Crippen LogP contribution in [0.1, 0.15) is 37.9 Å². The van der Waals surface area contributed by atoms with Gasteiger partial charge in [-0.3, -0.25) is 0 Å². The maximum atomic E-state index is 13.3. The van der Waals surface area contributed by atoms with Gasteiger partial charge in [0, 0.05) is 11.5 Å². The summed E-state index contributed by atoms with van der Waals surface area (Å²) in [6.07, 6.45) is 6.28. The number of rotatable bonds is 1. The lowest BCUT2D eigenvalue weighted by Gasteiger charge is -2.47. The van der Waals surface area contributed by atoms with Gasteiger partial charge >= 0.3 is 0 Å². The van der Waals surface area contributed by atoms with Crippen LogP contribution in [0.2, 0.25) is 0 Å². The molecule has 1 aromatic carbocycles. The quantitative estimate of drug-likeness (QED) is 0.849. The van der Waals surface area contributed by atoms with Crippen LogP contribution in [0, 0.1) is 17.7 Å². The van der Waals surface area contributed by atoms with Crippen molar-refractivity contribution in [3.63, 3.8) is 0 Å². The number of hydrogen-bond acceptors (Lipinski definition) is 4. The zero-order valence-electron chi connectivity index (χ0n) is 12.2. The van der Waals surface area contributed by atoms with Crippen molar-refractivity contribution in [3.05, 3.63) is 35.8 Å². The molecule has 2 heterocycles. The van der Waals surface area contributed by atoms with Gasteiger partial charge in [0.25, 0.3) is 0 Å². The number of furan rings is 1. The molecule has 5 heteroatoms. The molecule has 0 unspecified atom stereocenters. The Labute approximate surface area is 127 Å². The molecule has 0 amide bonds. The molecule has 2 N–H and O–H groups in total. The minimum atomic E-state index is -0.283. The van der Waals surface area contributed by atoms with Gasteiger partial charge in [-0.15, -0.1) is 0 Å². The first kappa shape index (κ1) is 12.6. The second-order valence-electron chi connectivity index (χ2n) is 6.85. The third-order valence-corrected chi connectivity index (χ3v) is 5.55. The first-order valence-electron chi connectivity index (χ1n) is 8.04. The Morgan fingerprint density at radius 1 is 1.18 bits per heavy atom. The van der Waals surface area contributed by atoms with E-state index in [1.807, 2.05) is 6.07 Å². The highest BCUT2D eigenvalue weighted by atomic mass is 19.1. The summed E-state index contributed by atoms with van der Waals surface area (Å²) in [7, 11) is 0. The van der Waals surface area contributed by atoms with E-state index in [1.165, 1.54) is 37.8 Å². The summed E-state index contributed by atoms with van der Waals surface area (Å²) >= 11 is 0. The molecule has 1 aliphatic heterocycles. The van der Waals surface area contributed by atoms with E-state index >= 15 is 0 Å². The Bertz CT molecular complexity index is 775. The molecule has 2 aromatic rings. The van der Waals surface area contributed by atoms with E-state index in [9.17, 15) is 4.39 Å². The van der Waals surface area contributed by atoms with Crippen LogP contribution < -0.4 is 10.9 Å². The third-order valence-electron chi connectivity index (χ3n) is 5.55. The molecule has 1 atom stereocenters. The molecule has 0 saturated heterocycles. The number of amidine groups is 1. The van der Waals surface area contributed by atoms with Crippen molar-refractivity contribution in [2.24, 2.45) is 16.8 Å². The van der Waals surface area contributed by atoms with Crippen LogP contribution in [0.3, 0.4) is 0 Å². The van der Waals surface area contributed by atoms with Crippen molar-refractivity contribution in [2.45, 2.75) is 37.8 Å². The average Bonchev–Trinajstić information content (AvgIpc) is 3.12. The number of nitrogens with one attached hydrogen (secondary N) is 2. The molecule has 1 aromatic heterocycles. The minimum absolute atomic E-state index is 0.166. The second-order valence-corrected chi connectivity index (χ2v) is 6.85. The molecule has 3 fully saturated rings. The standard InChI is InChI=1S/C17H18FN3O/c18-13-6-3-11-7-15(22-14(11)8-13)16-19-17(21-20-16)9-10-1-4-12(17)5-2-10/h3,6-8,10,12,21H,1-2,4-5,9H2,(H,19,20)/t10?,12?,17-/m0/s1. The van der Waals surface area contributed by atoms with E-state index in [4.69, 9.17) is 9.41 Å². The van der Waals surface area contributed by atoms with Gasteiger partial charge in [-0.05, 0) is 62.1 Å². The maximum absolute atomic E-state index is 13.3. The van der Waals surface area contributed by atoms with Crippen LogP contribution in [-0.2, 0) is 0 Å². The van der Waals surface area contributed by atoms with Gasteiger partial charge < -0.3 is 9.84 Å². The van der Waals surface area contributed by atoms with Crippen molar-refractivity contribution < 1.29 is 8.81 Å². The van der Waals surface area contributed by atoms with E-state index in [2.05, 4.69) is 10.9 Å². The molecule has 6 rings (SSSR count). The SMILES string of the molecule is Fc1ccc2cc(C3=N[C@@]4(CC5CCC4CC5)NN3)oc2c1. The van der Waals surface area contributed by atoms with Gasteiger partial charge in [-0.1, -0.05) is 0 Å². The third kappa shape index (κ3) is 1.75. The average molecular weight is 299 g/mol. The van der Waals surface area contributed by atoms with Crippen molar-refractivity contribution >= 4 is 16.8 Å². The fraction of sp³-hybridized carbons (Fsp3) is 0.471. The monoisotopic (exact) mass is 299 g/mol. The Morgan fingerprint density at radius 2 is 2.05 bits per heavy atom. The van der Waals surface area contributed by atoms with E-state index in [0.717, 1.165) is 23.6 Å². The van der Waals surface area contributed by atoms with Gasteiger partial charge in [-0.25, -0.2) is 14.8 Å². The highest BCUT2D eigenvalue weighted by molar-refractivity contribution is 6.00.